The van der Waals surface area contributed by atoms with Crippen molar-refractivity contribution in [3.63, 3.8) is 0 Å². The molecule has 0 saturated carbocycles. The molecular formula is C9H18N4. The van der Waals surface area contributed by atoms with Crippen LogP contribution in [0.25, 0.3) is 0 Å². The fraction of sp³-hybridized carbons (Fsp3) is 0.778. The molecule has 0 fully saturated rings. The van der Waals surface area contributed by atoms with Crippen molar-refractivity contribution in [3.8, 4) is 0 Å². The molecule has 0 aliphatic rings. The number of nitrogens with zero attached hydrogens (tertiary/aromatic N) is 3. The van der Waals surface area contributed by atoms with Crippen LogP contribution in [0.3, 0.4) is 0 Å². The van der Waals surface area contributed by atoms with Gasteiger partial charge in [0.1, 0.15) is 12.2 Å². The molecule has 1 rings (SSSR count). The van der Waals surface area contributed by atoms with E-state index in [1.54, 1.807) is 6.33 Å². The monoisotopic (exact) mass is 182 g/mol. The normalized spacial score (nSPS) is 10.6. The van der Waals surface area contributed by atoms with Crippen LogP contribution in [-0.2, 0) is 13.1 Å². The van der Waals surface area contributed by atoms with Gasteiger partial charge in [0.2, 0.25) is 0 Å². The van der Waals surface area contributed by atoms with E-state index in [1.807, 2.05) is 0 Å². The van der Waals surface area contributed by atoms with Gasteiger partial charge < -0.3 is 9.88 Å². The summed E-state index contributed by atoms with van der Waals surface area (Å²) in [5.74, 6) is 1.03. The number of hydrogen-bond acceptors (Lipinski definition) is 3. The second-order valence-corrected chi connectivity index (χ2v) is 3.06. The number of aromatic nitrogens is 3. The van der Waals surface area contributed by atoms with Crippen LogP contribution in [0.4, 0.5) is 0 Å². The molecular weight excluding hydrogens is 164 g/mol. The van der Waals surface area contributed by atoms with Gasteiger partial charge in [0.05, 0.1) is 6.54 Å². The SMILES string of the molecule is CCCCNCc1nncn1CC. The molecule has 0 spiro atoms. The van der Waals surface area contributed by atoms with E-state index >= 15 is 0 Å². The second kappa shape index (κ2) is 5.70. The van der Waals surface area contributed by atoms with Crippen LogP contribution in [0.2, 0.25) is 0 Å². The zero-order chi connectivity index (χ0) is 9.52. The van der Waals surface area contributed by atoms with E-state index in [1.165, 1.54) is 12.8 Å². The lowest BCUT2D eigenvalue weighted by molar-refractivity contribution is 0.592. The highest BCUT2D eigenvalue weighted by Crippen LogP contribution is 1.94. The average molecular weight is 182 g/mol. The van der Waals surface area contributed by atoms with Gasteiger partial charge in [-0.25, -0.2) is 0 Å². The molecule has 0 unspecified atom stereocenters. The average Bonchev–Trinajstić information content (AvgIpc) is 2.60. The molecule has 0 saturated heterocycles. The zero-order valence-corrected chi connectivity index (χ0v) is 8.45. The molecule has 13 heavy (non-hydrogen) atoms. The summed E-state index contributed by atoms with van der Waals surface area (Å²) in [5.41, 5.74) is 0. The first-order valence-electron chi connectivity index (χ1n) is 4.95. The highest BCUT2D eigenvalue weighted by Gasteiger charge is 2.00. The first-order valence-corrected chi connectivity index (χ1v) is 4.95. The second-order valence-electron chi connectivity index (χ2n) is 3.06. The predicted molar refractivity (Wildman–Crippen MR) is 52.3 cm³/mol. The van der Waals surface area contributed by atoms with Crippen molar-refractivity contribution < 1.29 is 0 Å². The number of nitrogens with one attached hydrogen (secondary N) is 1. The molecule has 0 aromatic carbocycles. The fourth-order valence-corrected chi connectivity index (χ4v) is 1.18. The molecule has 4 nitrogen and oxygen atoms in total. The summed E-state index contributed by atoms with van der Waals surface area (Å²) in [4.78, 5) is 0. The standard InChI is InChI=1S/C9H18N4/c1-3-5-6-10-7-9-12-11-8-13(9)4-2/h8,10H,3-7H2,1-2H3. The minimum atomic E-state index is 0.827. The van der Waals surface area contributed by atoms with Gasteiger partial charge in [0.15, 0.2) is 0 Å². The molecule has 0 bridgehead atoms. The van der Waals surface area contributed by atoms with Crippen molar-refractivity contribution in [2.75, 3.05) is 6.54 Å². The highest BCUT2D eigenvalue weighted by atomic mass is 15.3. The Bertz CT molecular complexity index is 231. The maximum absolute atomic E-state index is 4.04. The summed E-state index contributed by atoms with van der Waals surface area (Å²) in [6, 6.07) is 0. The lowest BCUT2D eigenvalue weighted by atomic mass is 10.3. The van der Waals surface area contributed by atoms with Gasteiger partial charge in [-0.1, -0.05) is 13.3 Å². The van der Waals surface area contributed by atoms with Crippen molar-refractivity contribution in [1.82, 2.24) is 20.1 Å². The van der Waals surface area contributed by atoms with E-state index < -0.39 is 0 Å². The molecule has 0 aliphatic carbocycles. The molecule has 4 heteroatoms. The smallest absolute Gasteiger partial charge is 0.146 e. The maximum atomic E-state index is 4.04. The van der Waals surface area contributed by atoms with Crippen molar-refractivity contribution in [1.29, 1.82) is 0 Å². The van der Waals surface area contributed by atoms with Crippen LogP contribution in [0, 0.1) is 0 Å². The Morgan fingerprint density at radius 1 is 1.46 bits per heavy atom. The van der Waals surface area contributed by atoms with Gasteiger partial charge in [0, 0.05) is 6.54 Å². The minimum absolute atomic E-state index is 0.827. The Morgan fingerprint density at radius 2 is 2.31 bits per heavy atom. The van der Waals surface area contributed by atoms with Crippen molar-refractivity contribution in [3.05, 3.63) is 12.2 Å². The molecule has 1 heterocycles. The first kappa shape index (κ1) is 10.2. The summed E-state index contributed by atoms with van der Waals surface area (Å²) < 4.78 is 2.05. The van der Waals surface area contributed by atoms with Crippen molar-refractivity contribution in [2.24, 2.45) is 0 Å². The third-order valence-electron chi connectivity index (χ3n) is 2.03. The lowest BCUT2D eigenvalue weighted by Crippen LogP contribution is -2.17. The molecule has 0 atom stereocenters. The van der Waals surface area contributed by atoms with Crippen molar-refractivity contribution >= 4 is 0 Å². The van der Waals surface area contributed by atoms with Gasteiger partial charge in [-0.3, -0.25) is 0 Å². The Labute approximate surface area is 79.4 Å². The predicted octanol–water partition coefficient (Wildman–Crippen LogP) is 1.19. The largest absolute Gasteiger partial charge is 0.317 e. The molecule has 1 aromatic heterocycles. The van der Waals surface area contributed by atoms with Crippen LogP contribution < -0.4 is 5.32 Å². The van der Waals surface area contributed by atoms with Crippen LogP contribution in [0.5, 0.6) is 0 Å². The van der Waals surface area contributed by atoms with Crippen LogP contribution >= 0.6 is 0 Å². The topological polar surface area (TPSA) is 42.7 Å². The summed E-state index contributed by atoms with van der Waals surface area (Å²) in [6.45, 7) is 7.12. The lowest BCUT2D eigenvalue weighted by Gasteiger charge is -2.04. The number of hydrogen-bond donors (Lipinski definition) is 1. The Balaban J connectivity index is 2.27. The highest BCUT2D eigenvalue weighted by molar-refractivity contribution is 4.84. The van der Waals surface area contributed by atoms with Crippen LogP contribution in [0.15, 0.2) is 6.33 Å². The molecule has 1 N–H and O–H groups in total. The molecule has 1 aromatic rings. The third-order valence-corrected chi connectivity index (χ3v) is 2.03. The van der Waals surface area contributed by atoms with Crippen molar-refractivity contribution in [2.45, 2.75) is 39.8 Å². The third kappa shape index (κ3) is 3.14. The number of unbranched alkanes of at least 4 members (excludes halogenated alkanes) is 1. The van der Waals surface area contributed by atoms with Gasteiger partial charge >= 0.3 is 0 Å². The van der Waals surface area contributed by atoms with Crippen LogP contribution in [-0.4, -0.2) is 21.3 Å². The van der Waals surface area contributed by atoms with E-state index in [2.05, 4.69) is 33.9 Å². The van der Waals surface area contributed by atoms with E-state index in [0.29, 0.717) is 0 Å². The Morgan fingerprint density at radius 3 is 3.00 bits per heavy atom. The van der Waals surface area contributed by atoms with Gasteiger partial charge in [0.25, 0.3) is 0 Å². The zero-order valence-electron chi connectivity index (χ0n) is 8.45. The summed E-state index contributed by atoms with van der Waals surface area (Å²) >= 11 is 0. The fourth-order valence-electron chi connectivity index (χ4n) is 1.18. The molecule has 0 radical (unpaired) electrons. The van der Waals surface area contributed by atoms with Gasteiger partial charge in [-0.15, -0.1) is 10.2 Å². The van der Waals surface area contributed by atoms with E-state index in [4.69, 9.17) is 0 Å². The van der Waals surface area contributed by atoms with E-state index in [9.17, 15) is 0 Å². The molecule has 0 aliphatic heterocycles. The number of rotatable bonds is 6. The number of aryl methyl sites for hydroxylation is 1. The minimum Gasteiger partial charge on any atom is -0.317 e. The van der Waals surface area contributed by atoms with Gasteiger partial charge in [-0.05, 0) is 19.9 Å². The summed E-state index contributed by atoms with van der Waals surface area (Å²) in [7, 11) is 0. The van der Waals surface area contributed by atoms with E-state index in [-0.39, 0.29) is 0 Å². The Hall–Kier alpha value is -0.900. The summed E-state index contributed by atoms with van der Waals surface area (Å²) in [6.07, 6.45) is 4.23. The molecule has 0 amide bonds. The van der Waals surface area contributed by atoms with E-state index in [0.717, 1.165) is 25.5 Å². The van der Waals surface area contributed by atoms with Gasteiger partial charge in [-0.2, -0.15) is 0 Å². The maximum Gasteiger partial charge on any atom is 0.146 e. The Kier molecular flexibility index (Phi) is 4.46. The first-order chi connectivity index (χ1) is 6.38. The summed E-state index contributed by atoms with van der Waals surface area (Å²) in [5, 5.41) is 11.2. The van der Waals surface area contributed by atoms with Crippen LogP contribution in [0.1, 0.15) is 32.5 Å². The molecule has 74 valence electrons. The quantitative estimate of drug-likeness (QED) is 0.672.